The van der Waals surface area contributed by atoms with E-state index >= 15 is 0 Å². The summed E-state index contributed by atoms with van der Waals surface area (Å²) in [5, 5.41) is 10.4. The molecule has 1 aromatic carbocycles. The number of hydrogen-bond donors (Lipinski definition) is 0. The van der Waals surface area contributed by atoms with Gasteiger partial charge in [-0.15, -0.1) is 0 Å². The Morgan fingerprint density at radius 3 is 2.50 bits per heavy atom. The highest BCUT2D eigenvalue weighted by atomic mass is 35.6. The molecule has 0 heterocycles. The summed E-state index contributed by atoms with van der Waals surface area (Å²) in [6.07, 6.45) is 0. The molecule has 0 fully saturated rings. The van der Waals surface area contributed by atoms with E-state index in [-0.39, 0.29) is 5.69 Å². The van der Waals surface area contributed by atoms with Crippen molar-refractivity contribution < 1.29 is 4.92 Å². The molecule has 0 radical (unpaired) electrons. The topological polar surface area (TPSA) is 43.1 Å². The second kappa shape index (κ2) is 4.57. The molecule has 0 aromatic heterocycles. The Morgan fingerprint density at radius 1 is 1.36 bits per heavy atom. The Morgan fingerprint density at radius 2 is 2.00 bits per heavy atom. The first-order valence-corrected chi connectivity index (χ1v) is 5.34. The Balaban J connectivity index is 2.89. The van der Waals surface area contributed by atoms with Crippen molar-refractivity contribution in [2.24, 2.45) is 0 Å². The average Bonchev–Trinajstić information content (AvgIpc) is 2.01. The second-order valence-electron chi connectivity index (χ2n) is 2.30. The summed E-state index contributed by atoms with van der Waals surface area (Å²) in [5.74, 6) is 0. The van der Waals surface area contributed by atoms with Crippen LogP contribution in [0.15, 0.2) is 29.2 Å². The van der Waals surface area contributed by atoms with Gasteiger partial charge in [-0.1, -0.05) is 52.6 Å². The Labute approximate surface area is 99.5 Å². The van der Waals surface area contributed by atoms with Gasteiger partial charge in [-0.2, -0.15) is 0 Å². The van der Waals surface area contributed by atoms with Crippen LogP contribution in [0.1, 0.15) is 0 Å². The lowest BCUT2D eigenvalue weighted by atomic mass is 10.3. The lowest BCUT2D eigenvalue weighted by Gasteiger charge is -2.08. The fourth-order valence-electron chi connectivity index (χ4n) is 0.794. The van der Waals surface area contributed by atoms with E-state index in [4.69, 9.17) is 34.8 Å². The van der Waals surface area contributed by atoms with Crippen LogP contribution in [0.2, 0.25) is 0 Å². The van der Waals surface area contributed by atoms with Gasteiger partial charge in [0.15, 0.2) is 0 Å². The molecule has 0 aliphatic rings. The monoisotopic (exact) mass is 271 g/mol. The molecule has 0 unspecified atom stereocenters. The van der Waals surface area contributed by atoms with Gasteiger partial charge in [-0.25, -0.2) is 0 Å². The maximum absolute atomic E-state index is 10.4. The minimum absolute atomic E-state index is 0.0238. The van der Waals surface area contributed by atoms with Gasteiger partial charge in [-0.05, 0) is 6.07 Å². The Bertz CT molecular complexity index is 353. The third-order valence-electron chi connectivity index (χ3n) is 1.26. The van der Waals surface area contributed by atoms with E-state index in [9.17, 15) is 10.1 Å². The minimum Gasteiger partial charge on any atom is -0.258 e. The molecule has 0 aliphatic carbocycles. The van der Waals surface area contributed by atoms with Crippen molar-refractivity contribution in [3.63, 3.8) is 0 Å². The first-order chi connectivity index (χ1) is 6.38. The third kappa shape index (κ3) is 3.92. The Kier molecular flexibility index (Phi) is 3.89. The number of halogens is 3. The average molecular weight is 273 g/mol. The number of alkyl halides is 3. The predicted octanol–water partition coefficient (Wildman–Crippen LogP) is 4.01. The first kappa shape index (κ1) is 11.9. The Hall–Kier alpha value is -0.160. The summed E-state index contributed by atoms with van der Waals surface area (Å²) >= 11 is 17.5. The smallest absolute Gasteiger partial charge is 0.258 e. The SMILES string of the molecule is O=[N+]([O-])c1cccc(SC(Cl)(Cl)Cl)c1. The van der Waals surface area contributed by atoms with Gasteiger partial charge in [0.25, 0.3) is 5.69 Å². The standard InChI is InChI=1S/C7H4Cl3NO2S/c8-7(9,10)14-6-3-1-2-5(4-6)11(12)13/h1-4H. The number of non-ortho nitro benzene ring substituents is 1. The summed E-state index contributed by atoms with van der Waals surface area (Å²) in [7, 11) is 0. The van der Waals surface area contributed by atoms with Crippen LogP contribution in [0.3, 0.4) is 0 Å². The summed E-state index contributed by atoms with van der Waals surface area (Å²) in [6.45, 7) is 0. The largest absolute Gasteiger partial charge is 0.270 e. The highest BCUT2D eigenvalue weighted by molar-refractivity contribution is 8.04. The summed E-state index contributed by atoms with van der Waals surface area (Å²) < 4.78 is -1.50. The van der Waals surface area contributed by atoms with E-state index < -0.39 is 8.05 Å². The molecule has 0 saturated heterocycles. The fraction of sp³-hybridized carbons (Fsp3) is 0.143. The zero-order valence-electron chi connectivity index (χ0n) is 6.62. The molecule has 0 spiro atoms. The lowest BCUT2D eigenvalue weighted by molar-refractivity contribution is -0.385. The summed E-state index contributed by atoms with van der Waals surface area (Å²) in [6, 6.07) is 5.91. The molecular formula is C7H4Cl3NO2S. The molecule has 14 heavy (non-hydrogen) atoms. The van der Waals surface area contributed by atoms with Crippen molar-refractivity contribution in [2.45, 2.75) is 8.02 Å². The van der Waals surface area contributed by atoms with Crippen molar-refractivity contribution in [1.82, 2.24) is 0 Å². The van der Waals surface area contributed by atoms with Crippen LogP contribution < -0.4 is 0 Å². The van der Waals surface area contributed by atoms with Crippen LogP contribution in [0.25, 0.3) is 0 Å². The molecule has 0 saturated carbocycles. The van der Waals surface area contributed by atoms with Gasteiger partial charge in [0.1, 0.15) is 0 Å². The molecule has 1 aromatic rings. The second-order valence-corrected chi connectivity index (χ2v) is 6.54. The van der Waals surface area contributed by atoms with Gasteiger partial charge in [0, 0.05) is 17.0 Å². The van der Waals surface area contributed by atoms with Crippen molar-refractivity contribution in [3.8, 4) is 0 Å². The van der Waals surface area contributed by atoms with Crippen LogP contribution in [0.4, 0.5) is 5.69 Å². The van der Waals surface area contributed by atoms with Crippen molar-refractivity contribution in [2.75, 3.05) is 0 Å². The number of rotatable bonds is 2. The summed E-state index contributed by atoms with van der Waals surface area (Å²) in [5.41, 5.74) is -0.0238. The van der Waals surface area contributed by atoms with E-state index in [1.54, 1.807) is 6.07 Å². The van der Waals surface area contributed by atoms with E-state index in [1.165, 1.54) is 18.2 Å². The number of thioether (sulfide) groups is 1. The van der Waals surface area contributed by atoms with Gasteiger partial charge >= 0.3 is 0 Å². The molecule has 0 amide bonds. The van der Waals surface area contributed by atoms with Gasteiger partial charge < -0.3 is 0 Å². The summed E-state index contributed by atoms with van der Waals surface area (Å²) in [4.78, 5) is 10.5. The zero-order valence-corrected chi connectivity index (χ0v) is 9.70. The minimum atomic E-state index is -1.50. The molecule has 76 valence electrons. The maximum Gasteiger partial charge on any atom is 0.270 e. The van der Waals surface area contributed by atoms with Crippen LogP contribution in [-0.2, 0) is 0 Å². The fourth-order valence-corrected chi connectivity index (χ4v) is 2.19. The van der Waals surface area contributed by atoms with Gasteiger partial charge in [-0.3, -0.25) is 10.1 Å². The van der Waals surface area contributed by atoms with E-state index in [1.807, 2.05) is 0 Å². The normalized spacial score (nSPS) is 11.4. The van der Waals surface area contributed by atoms with E-state index in [0.717, 1.165) is 11.8 Å². The molecule has 0 bridgehead atoms. The molecular weight excluding hydrogens is 269 g/mol. The molecule has 0 atom stereocenters. The van der Waals surface area contributed by atoms with Gasteiger partial charge in [0.2, 0.25) is 3.12 Å². The van der Waals surface area contributed by atoms with E-state index in [0.29, 0.717) is 4.90 Å². The van der Waals surface area contributed by atoms with Crippen molar-refractivity contribution in [3.05, 3.63) is 34.4 Å². The first-order valence-electron chi connectivity index (χ1n) is 3.39. The molecule has 3 nitrogen and oxygen atoms in total. The third-order valence-corrected chi connectivity index (χ3v) is 2.68. The number of nitro benzene ring substituents is 1. The highest BCUT2D eigenvalue weighted by Crippen LogP contribution is 2.44. The van der Waals surface area contributed by atoms with Crippen LogP contribution in [-0.4, -0.2) is 8.05 Å². The van der Waals surface area contributed by atoms with Gasteiger partial charge in [0.05, 0.1) is 4.92 Å². The highest BCUT2D eigenvalue weighted by Gasteiger charge is 2.22. The molecule has 0 aliphatic heterocycles. The number of hydrogen-bond acceptors (Lipinski definition) is 3. The van der Waals surface area contributed by atoms with Crippen molar-refractivity contribution in [1.29, 1.82) is 0 Å². The van der Waals surface area contributed by atoms with E-state index in [2.05, 4.69) is 0 Å². The van der Waals surface area contributed by atoms with Crippen LogP contribution in [0, 0.1) is 10.1 Å². The predicted molar refractivity (Wildman–Crippen MR) is 59.2 cm³/mol. The lowest BCUT2D eigenvalue weighted by Crippen LogP contribution is -1.94. The van der Waals surface area contributed by atoms with Crippen molar-refractivity contribution >= 4 is 52.3 Å². The quantitative estimate of drug-likeness (QED) is 0.353. The van der Waals surface area contributed by atoms with Crippen LogP contribution in [0.5, 0.6) is 0 Å². The number of nitro groups is 1. The molecule has 7 heteroatoms. The molecule has 0 N–H and O–H groups in total. The molecule has 1 rings (SSSR count). The zero-order chi connectivity index (χ0) is 10.8. The van der Waals surface area contributed by atoms with Crippen LogP contribution >= 0.6 is 46.6 Å². The number of nitrogens with zero attached hydrogens (tertiary/aromatic N) is 1. The number of benzene rings is 1. The maximum atomic E-state index is 10.4.